The van der Waals surface area contributed by atoms with E-state index in [4.69, 9.17) is 10.7 Å². The quantitative estimate of drug-likeness (QED) is 0.450. The van der Waals surface area contributed by atoms with Gasteiger partial charge in [0.05, 0.1) is 24.3 Å². The van der Waals surface area contributed by atoms with Gasteiger partial charge < -0.3 is 10.6 Å². The molecule has 1 atom stereocenters. The van der Waals surface area contributed by atoms with E-state index in [0.717, 1.165) is 24.0 Å². The number of pyridine rings is 1. The zero-order valence-corrected chi connectivity index (χ0v) is 19.7. The van der Waals surface area contributed by atoms with Crippen LogP contribution in [0.15, 0.2) is 39.9 Å². The highest BCUT2D eigenvalue weighted by atomic mass is 19.1. The summed E-state index contributed by atoms with van der Waals surface area (Å²) in [6.07, 6.45) is 1.85. The lowest BCUT2D eigenvalue weighted by Crippen LogP contribution is -2.44. The summed E-state index contributed by atoms with van der Waals surface area (Å²) in [6, 6.07) is 7.74. The van der Waals surface area contributed by atoms with Gasteiger partial charge in [0.2, 0.25) is 5.95 Å². The molecule has 10 heteroatoms. The van der Waals surface area contributed by atoms with E-state index in [1.54, 1.807) is 36.7 Å². The number of aromatic nitrogens is 5. The number of nitrogens with zero attached hydrogens (tertiary/aromatic N) is 6. The van der Waals surface area contributed by atoms with Crippen LogP contribution in [0.4, 0.5) is 10.3 Å². The van der Waals surface area contributed by atoms with Crippen LogP contribution in [0.3, 0.4) is 0 Å². The molecule has 9 nitrogen and oxygen atoms in total. The zero-order valence-electron chi connectivity index (χ0n) is 19.7. The second-order valence-corrected chi connectivity index (χ2v) is 8.82. The van der Waals surface area contributed by atoms with Gasteiger partial charge in [-0.05, 0) is 44.0 Å². The third-order valence-corrected chi connectivity index (χ3v) is 6.40. The molecule has 0 aliphatic carbocycles. The van der Waals surface area contributed by atoms with Gasteiger partial charge in [-0.15, -0.1) is 5.92 Å². The number of benzene rings is 1. The predicted octanol–water partition coefficient (Wildman–Crippen LogP) is 1.58. The maximum atomic E-state index is 13.7. The Kier molecular flexibility index (Phi) is 5.86. The van der Waals surface area contributed by atoms with Gasteiger partial charge in [-0.1, -0.05) is 12.0 Å². The van der Waals surface area contributed by atoms with Gasteiger partial charge in [0.25, 0.3) is 5.56 Å². The first-order chi connectivity index (χ1) is 16.9. The molecule has 0 amide bonds. The number of piperidine rings is 1. The van der Waals surface area contributed by atoms with Crippen molar-refractivity contribution in [1.29, 1.82) is 0 Å². The highest BCUT2D eigenvalue weighted by Crippen LogP contribution is 2.23. The van der Waals surface area contributed by atoms with Crippen molar-refractivity contribution in [3.05, 3.63) is 62.7 Å². The predicted molar refractivity (Wildman–Crippen MR) is 133 cm³/mol. The highest BCUT2D eigenvalue weighted by Gasteiger charge is 2.26. The van der Waals surface area contributed by atoms with Crippen LogP contribution >= 0.6 is 0 Å². The average Bonchev–Trinajstić information content (AvgIpc) is 3.24. The summed E-state index contributed by atoms with van der Waals surface area (Å²) in [5, 5.41) is 0.644. The molecule has 1 aliphatic heterocycles. The molecule has 3 aromatic heterocycles. The van der Waals surface area contributed by atoms with Crippen molar-refractivity contribution in [3.63, 3.8) is 0 Å². The second kappa shape index (κ2) is 9.00. The van der Waals surface area contributed by atoms with Gasteiger partial charge in [-0.25, -0.2) is 9.18 Å². The van der Waals surface area contributed by atoms with E-state index in [0.29, 0.717) is 40.3 Å². The smallest absolute Gasteiger partial charge is 0.332 e. The van der Waals surface area contributed by atoms with Crippen molar-refractivity contribution in [2.75, 3.05) is 18.0 Å². The number of nitrogens with two attached hydrogens (primary N) is 1. The summed E-state index contributed by atoms with van der Waals surface area (Å²) >= 11 is 0. The summed E-state index contributed by atoms with van der Waals surface area (Å²) in [7, 11) is 1.60. The average molecular weight is 476 g/mol. The van der Waals surface area contributed by atoms with Crippen LogP contribution in [0.5, 0.6) is 0 Å². The molecule has 1 saturated heterocycles. The van der Waals surface area contributed by atoms with Crippen molar-refractivity contribution in [1.82, 2.24) is 23.7 Å². The van der Waals surface area contributed by atoms with Crippen molar-refractivity contribution in [2.24, 2.45) is 12.8 Å². The van der Waals surface area contributed by atoms with Crippen LogP contribution in [0.1, 0.15) is 25.5 Å². The molecular weight excluding hydrogens is 449 g/mol. The summed E-state index contributed by atoms with van der Waals surface area (Å²) in [5.74, 6) is 6.14. The summed E-state index contributed by atoms with van der Waals surface area (Å²) in [5.41, 5.74) is 6.97. The fourth-order valence-electron chi connectivity index (χ4n) is 4.63. The van der Waals surface area contributed by atoms with Crippen LogP contribution in [0.2, 0.25) is 0 Å². The molecular formula is C25H26FN7O2. The van der Waals surface area contributed by atoms with Crippen molar-refractivity contribution >= 4 is 28.0 Å². The van der Waals surface area contributed by atoms with E-state index in [1.165, 1.54) is 16.7 Å². The van der Waals surface area contributed by atoms with Crippen molar-refractivity contribution in [3.8, 4) is 11.8 Å². The molecule has 0 saturated carbocycles. The number of fused-ring (bicyclic) bond motifs is 2. The van der Waals surface area contributed by atoms with E-state index in [9.17, 15) is 14.0 Å². The molecule has 4 aromatic rings. The maximum absolute atomic E-state index is 13.7. The lowest BCUT2D eigenvalue weighted by Gasteiger charge is -2.31. The molecule has 1 aliphatic rings. The van der Waals surface area contributed by atoms with Gasteiger partial charge in [-0.3, -0.25) is 23.5 Å². The van der Waals surface area contributed by atoms with E-state index in [-0.39, 0.29) is 24.9 Å². The molecule has 180 valence electrons. The topological polar surface area (TPSA) is 104 Å². The molecule has 1 aromatic carbocycles. The van der Waals surface area contributed by atoms with Gasteiger partial charge >= 0.3 is 5.69 Å². The summed E-state index contributed by atoms with van der Waals surface area (Å²) in [6.45, 7) is 3.36. The number of rotatable bonds is 4. The van der Waals surface area contributed by atoms with Crippen LogP contribution in [-0.4, -0.2) is 42.8 Å². The Balaban J connectivity index is 1.66. The second-order valence-electron chi connectivity index (χ2n) is 8.82. The summed E-state index contributed by atoms with van der Waals surface area (Å²) < 4.78 is 17.8. The maximum Gasteiger partial charge on any atom is 0.332 e. The van der Waals surface area contributed by atoms with Crippen molar-refractivity contribution in [2.45, 2.75) is 38.9 Å². The summed E-state index contributed by atoms with van der Waals surface area (Å²) in [4.78, 5) is 38.2. The third kappa shape index (κ3) is 4.08. The molecule has 5 rings (SSSR count). The Hall–Kier alpha value is -3.97. The first-order valence-corrected chi connectivity index (χ1v) is 11.5. The minimum Gasteiger partial charge on any atom is -0.341 e. The van der Waals surface area contributed by atoms with Crippen molar-refractivity contribution < 1.29 is 4.39 Å². The van der Waals surface area contributed by atoms with Crippen LogP contribution in [0.25, 0.3) is 22.1 Å². The number of aryl methyl sites for hydroxylation is 1. The largest absolute Gasteiger partial charge is 0.341 e. The molecule has 0 spiro atoms. The lowest BCUT2D eigenvalue weighted by molar-refractivity contribution is 0.496. The minimum atomic E-state index is -0.489. The Morgan fingerprint density at radius 1 is 1.17 bits per heavy atom. The Morgan fingerprint density at radius 2 is 2.00 bits per heavy atom. The number of anilines is 1. The van der Waals surface area contributed by atoms with E-state index in [2.05, 4.69) is 21.7 Å². The Bertz CT molecular complexity index is 1620. The lowest BCUT2D eigenvalue weighted by atomic mass is 10.1. The molecule has 0 radical (unpaired) electrons. The SMILES string of the molecule is CC#CCn1c(N2CCCC(N)C2)nc2c1c(=O)n(Cc1ccc3cc(F)ccc3n1)c(=O)n2C. The fourth-order valence-corrected chi connectivity index (χ4v) is 4.63. The van der Waals surface area contributed by atoms with E-state index in [1.807, 2.05) is 0 Å². The third-order valence-electron chi connectivity index (χ3n) is 6.40. The van der Waals surface area contributed by atoms with Crippen LogP contribution < -0.4 is 21.9 Å². The minimum absolute atomic E-state index is 0.0159. The number of hydrogen-bond donors (Lipinski definition) is 1. The zero-order chi connectivity index (χ0) is 24.7. The van der Waals surface area contributed by atoms with E-state index >= 15 is 0 Å². The first-order valence-electron chi connectivity index (χ1n) is 11.5. The number of halogens is 1. The van der Waals surface area contributed by atoms with Crippen LogP contribution in [-0.2, 0) is 20.1 Å². The molecule has 1 unspecified atom stereocenters. The molecule has 0 bridgehead atoms. The van der Waals surface area contributed by atoms with Gasteiger partial charge in [-0.2, -0.15) is 4.98 Å². The van der Waals surface area contributed by atoms with Crippen LogP contribution in [0, 0.1) is 17.7 Å². The molecule has 4 heterocycles. The number of imidazole rings is 1. The fraction of sp³-hybridized carbons (Fsp3) is 0.360. The monoisotopic (exact) mass is 475 g/mol. The van der Waals surface area contributed by atoms with Gasteiger partial charge in [0.15, 0.2) is 11.2 Å². The Labute approximate surface area is 200 Å². The first kappa shape index (κ1) is 22.8. The molecule has 35 heavy (non-hydrogen) atoms. The molecule has 1 fully saturated rings. The van der Waals surface area contributed by atoms with Gasteiger partial charge in [0, 0.05) is 31.6 Å². The molecule has 2 N–H and O–H groups in total. The highest BCUT2D eigenvalue weighted by molar-refractivity contribution is 5.78. The number of hydrogen-bond acceptors (Lipinski definition) is 6. The Morgan fingerprint density at radius 3 is 2.77 bits per heavy atom. The van der Waals surface area contributed by atoms with Gasteiger partial charge in [0.1, 0.15) is 5.82 Å². The van der Waals surface area contributed by atoms with E-state index < -0.39 is 11.2 Å². The standard InChI is InChI=1S/C25H26FN7O2/c1-3-4-12-32-21-22(29-24(32)31-11-5-6-18(27)14-31)30(2)25(35)33(23(21)34)15-19-9-7-16-13-17(26)8-10-20(16)28-19/h7-10,13,18H,5-6,11-12,14-15,27H2,1-2H3. The normalized spacial score (nSPS) is 16.0.